The van der Waals surface area contributed by atoms with Crippen molar-refractivity contribution in [2.75, 3.05) is 62.4 Å². The minimum Gasteiger partial charge on any atom is -0.480 e. The zero-order chi connectivity index (χ0) is 27.7. The number of hydrogen-bond acceptors (Lipinski definition) is 10. The predicted octanol–water partition coefficient (Wildman–Crippen LogP) is 4.15. The van der Waals surface area contributed by atoms with Crippen LogP contribution in [-0.4, -0.2) is 81.0 Å². The maximum Gasteiger partial charge on any atom is 0.238 e. The molecular weight excluding hydrogens is 536 g/mol. The summed E-state index contributed by atoms with van der Waals surface area (Å²) in [7, 11) is -2.07. The highest BCUT2D eigenvalue weighted by Gasteiger charge is 2.26. The van der Waals surface area contributed by atoms with E-state index in [-0.39, 0.29) is 11.6 Å². The molecule has 212 valence electrons. The average molecular weight is 575 g/mol. The molecule has 0 bridgehead atoms. The number of pyridine rings is 1. The second-order valence-corrected chi connectivity index (χ2v) is 13.8. The van der Waals surface area contributed by atoms with Crippen molar-refractivity contribution in [3.05, 3.63) is 22.7 Å². The molecule has 5 rings (SSSR count). The van der Waals surface area contributed by atoms with Gasteiger partial charge in [0.25, 0.3) is 0 Å². The van der Waals surface area contributed by atoms with E-state index in [1.54, 1.807) is 23.6 Å². The Balaban J connectivity index is 1.59. The van der Waals surface area contributed by atoms with Gasteiger partial charge in [-0.1, -0.05) is 13.8 Å². The van der Waals surface area contributed by atoms with Crippen molar-refractivity contribution in [3.63, 3.8) is 0 Å². The molecule has 2 fully saturated rings. The van der Waals surface area contributed by atoms with E-state index in [0.29, 0.717) is 37.8 Å². The molecule has 5 heterocycles. The van der Waals surface area contributed by atoms with E-state index >= 15 is 0 Å². The van der Waals surface area contributed by atoms with Gasteiger partial charge in [-0.25, -0.2) is 23.4 Å². The number of aromatic nitrogens is 3. The molecule has 0 spiro atoms. The molecule has 12 heteroatoms. The summed E-state index contributed by atoms with van der Waals surface area (Å²) >= 11 is 1.69. The van der Waals surface area contributed by atoms with Gasteiger partial charge in [-0.05, 0) is 50.8 Å². The number of likely N-dealkylation sites (tertiary alicyclic amines) is 1. The van der Waals surface area contributed by atoms with Crippen LogP contribution in [0.4, 0.5) is 11.6 Å². The largest absolute Gasteiger partial charge is 0.480 e. The molecule has 2 aliphatic heterocycles. The molecule has 3 aromatic rings. The summed E-state index contributed by atoms with van der Waals surface area (Å²) in [5.41, 5.74) is 3.93. The molecular formula is C27H38N6O4S2. The molecule has 10 nitrogen and oxygen atoms in total. The lowest BCUT2D eigenvalue weighted by Gasteiger charge is -2.33. The number of hydrogen-bond donors (Lipinski definition) is 1. The molecule has 0 aromatic carbocycles. The van der Waals surface area contributed by atoms with Crippen molar-refractivity contribution < 1.29 is 17.9 Å². The molecule has 2 aliphatic rings. The molecule has 0 aliphatic carbocycles. The Labute approximate surface area is 234 Å². The zero-order valence-electron chi connectivity index (χ0n) is 23.4. The number of sulfonamides is 1. The predicted molar refractivity (Wildman–Crippen MR) is 156 cm³/mol. The quantitative estimate of drug-likeness (QED) is 0.424. The van der Waals surface area contributed by atoms with Crippen LogP contribution < -0.4 is 14.4 Å². The molecule has 0 amide bonds. The number of nitrogens with one attached hydrogen (secondary N) is 1. The third-order valence-corrected chi connectivity index (χ3v) is 9.42. The minimum atomic E-state index is -3.53. The smallest absolute Gasteiger partial charge is 0.238 e. The summed E-state index contributed by atoms with van der Waals surface area (Å²) in [6, 6.07) is 1.74. The van der Waals surface area contributed by atoms with Crippen LogP contribution in [0.2, 0.25) is 0 Å². The lowest BCUT2D eigenvalue weighted by Crippen LogP contribution is -2.37. The van der Waals surface area contributed by atoms with Gasteiger partial charge in [-0.3, -0.25) is 9.62 Å². The second kappa shape index (κ2) is 11.5. The fourth-order valence-electron chi connectivity index (χ4n) is 5.43. The number of morpholine rings is 1. The Hall–Kier alpha value is -2.54. The number of aryl methyl sites for hydroxylation is 1. The zero-order valence-corrected chi connectivity index (χ0v) is 25.0. The van der Waals surface area contributed by atoms with Crippen molar-refractivity contribution in [2.24, 2.45) is 11.8 Å². The number of methoxy groups -OCH3 is 1. The lowest BCUT2D eigenvalue weighted by atomic mass is 9.86. The van der Waals surface area contributed by atoms with Crippen LogP contribution in [0.25, 0.3) is 21.5 Å². The number of thiophene rings is 1. The van der Waals surface area contributed by atoms with Gasteiger partial charge >= 0.3 is 0 Å². The molecule has 0 radical (unpaired) electrons. The third kappa shape index (κ3) is 6.29. The fourth-order valence-corrected chi connectivity index (χ4v) is 7.09. The maximum atomic E-state index is 12.0. The van der Waals surface area contributed by atoms with Gasteiger partial charge in [0.2, 0.25) is 21.9 Å². The van der Waals surface area contributed by atoms with E-state index in [2.05, 4.69) is 40.3 Å². The minimum absolute atomic E-state index is 0.204. The summed E-state index contributed by atoms with van der Waals surface area (Å²) < 4.78 is 38.5. The van der Waals surface area contributed by atoms with Gasteiger partial charge in [0.1, 0.15) is 5.69 Å². The Morgan fingerprint density at radius 3 is 2.54 bits per heavy atom. The van der Waals surface area contributed by atoms with Crippen molar-refractivity contribution in [1.82, 2.24) is 19.9 Å². The second-order valence-electron chi connectivity index (χ2n) is 10.8. The van der Waals surface area contributed by atoms with E-state index in [4.69, 9.17) is 19.4 Å². The topological polar surface area (TPSA) is 110 Å². The maximum absolute atomic E-state index is 12.0. The first-order chi connectivity index (χ1) is 18.6. The third-order valence-electron chi connectivity index (χ3n) is 7.68. The normalized spacial score (nSPS) is 17.7. The first-order valence-electron chi connectivity index (χ1n) is 13.5. The molecule has 3 aromatic heterocycles. The number of nitrogens with zero attached hydrogens (tertiary/aromatic N) is 5. The molecule has 0 unspecified atom stereocenters. The van der Waals surface area contributed by atoms with E-state index in [0.717, 1.165) is 53.6 Å². The molecule has 0 saturated carbocycles. The number of rotatable bonds is 8. The highest BCUT2D eigenvalue weighted by Crippen LogP contribution is 2.40. The van der Waals surface area contributed by atoms with E-state index in [9.17, 15) is 8.42 Å². The summed E-state index contributed by atoms with van der Waals surface area (Å²) in [5.74, 6) is 2.38. The van der Waals surface area contributed by atoms with Crippen LogP contribution in [0.3, 0.4) is 0 Å². The van der Waals surface area contributed by atoms with E-state index in [1.165, 1.54) is 30.4 Å². The van der Waals surface area contributed by atoms with Crippen molar-refractivity contribution in [3.8, 4) is 17.1 Å². The Kier molecular flexibility index (Phi) is 8.27. The van der Waals surface area contributed by atoms with E-state index < -0.39 is 10.0 Å². The van der Waals surface area contributed by atoms with Gasteiger partial charge < -0.3 is 14.4 Å². The Morgan fingerprint density at radius 2 is 1.90 bits per heavy atom. The number of anilines is 2. The van der Waals surface area contributed by atoms with Crippen molar-refractivity contribution in [2.45, 2.75) is 40.2 Å². The van der Waals surface area contributed by atoms with E-state index in [1.807, 2.05) is 0 Å². The van der Waals surface area contributed by atoms with Crippen LogP contribution in [0.15, 0.2) is 12.3 Å². The van der Waals surface area contributed by atoms with Gasteiger partial charge in [-0.15, -0.1) is 11.3 Å². The average Bonchev–Trinajstić information content (AvgIpc) is 3.22. The van der Waals surface area contributed by atoms with Gasteiger partial charge in [0.15, 0.2) is 0 Å². The first-order valence-corrected chi connectivity index (χ1v) is 16.2. The molecule has 39 heavy (non-hydrogen) atoms. The molecule has 2 saturated heterocycles. The van der Waals surface area contributed by atoms with Crippen LogP contribution in [0, 0.1) is 18.8 Å². The summed E-state index contributed by atoms with van der Waals surface area (Å²) in [6.45, 7) is 12.5. The molecule has 0 atom stereocenters. The Bertz CT molecular complexity index is 1430. The van der Waals surface area contributed by atoms with Crippen LogP contribution >= 0.6 is 11.3 Å². The molecule has 1 N–H and O–H groups in total. The standard InChI is InChI=1S/C27H38N6O4S2/c1-17(2)19-6-8-32(9-7-19)16-21-18(3)38-25-23(29-27(30-24(21)25)33-10-12-37-13-11-33)20-14-22(31-39(5,34)35)26(36-4)28-15-20/h14-15,17,19,31H,6-13,16H2,1-5H3. The fraction of sp³-hybridized carbons (Fsp3) is 0.593. The van der Waals surface area contributed by atoms with Gasteiger partial charge in [0.05, 0.1) is 42.5 Å². The summed E-state index contributed by atoms with van der Waals surface area (Å²) in [5, 5.41) is 0. The van der Waals surface area contributed by atoms with Crippen LogP contribution in [-0.2, 0) is 21.3 Å². The number of piperidine rings is 1. The highest BCUT2D eigenvalue weighted by molar-refractivity contribution is 7.92. The van der Waals surface area contributed by atoms with Gasteiger partial charge in [0, 0.05) is 41.8 Å². The van der Waals surface area contributed by atoms with Crippen molar-refractivity contribution in [1.29, 1.82) is 0 Å². The Morgan fingerprint density at radius 1 is 1.18 bits per heavy atom. The first kappa shape index (κ1) is 28.0. The number of ether oxygens (including phenoxy) is 2. The highest BCUT2D eigenvalue weighted by atomic mass is 32.2. The van der Waals surface area contributed by atoms with Crippen molar-refractivity contribution >= 4 is 43.2 Å². The van der Waals surface area contributed by atoms with Gasteiger partial charge in [-0.2, -0.15) is 0 Å². The number of fused-ring (bicyclic) bond motifs is 1. The van der Waals surface area contributed by atoms with Crippen LogP contribution in [0.5, 0.6) is 5.88 Å². The summed E-state index contributed by atoms with van der Waals surface area (Å²) in [4.78, 5) is 20.5. The summed E-state index contributed by atoms with van der Waals surface area (Å²) in [6.07, 6.45) is 5.25. The van der Waals surface area contributed by atoms with Crippen LogP contribution in [0.1, 0.15) is 37.1 Å². The lowest BCUT2D eigenvalue weighted by molar-refractivity contribution is 0.122. The monoisotopic (exact) mass is 574 g/mol. The SMILES string of the molecule is COc1ncc(-c2nc(N3CCOCC3)nc3c(CN4CCC(C(C)C)CC4)c(C)sc23)cc1NS(C)(=O)=O.